The average Bonchev–Trinajstić information content (AvgIpc) is 3.26. The Hall–Kier alpha value is -2.09. The molecule has 1 aliphatic heterocycles. The van der Waals surface area contributed by atoms with Gasteiger partial charge < -0.3 is 5.32 Å². The largest absolute Gasteiger partial charge is 0.316 e. The van der Waals surface area contributed by atoms with E-state index in [4.69, 9.17) is 11.6 Å². The minimum atomic E-state index is 0.390. The molecular formula is C19H21ClN6S. The number of aryl methyl sites for hydroxylation is 2. The zero-order valence-corrected chi connectivity index (χ0v) is 16.9. The van der Waals surface area contributed by atoms with E-state index in [9.17, 15) is 0 Å². The van der Waals surface area contributed by atoms with E-state index in [0.717, 1.165) is 54.1 Å². The smallest absolute Gasteiger partial charge is 0.188 e. The van der Waals surface area contributed by atoms with Gasteiger partial charge in [0.2, 0.25) is 0 Å². The summed E-state index contributed by atoms with van der Waals surface area (Å²) in [5.74, 6) is 1.97. The van der Waals surface area contributed by atoms with E-state index in [2.05, 4.69) is 36.2 Å². The van der Waals surface area contributed by atoms with Crippen LogP contribution in [0.25, 0.3) is 0 Å². The van der Waals surface area contributed by atoms with Crippen LogP contribution in [0.4, 0.5) is 10.9 Å². The van der Waals surface area contributed by atoms with E-state index >= 15 is 0 Å². The van der Waals surface area contributed by atoms with E-state index in [-0.39, 0.29) is 0 Å². The number of nitrogens with zero attached hydrogens (tertiary/aromatic N) is 5. The number of rotatable bonds is 5. The first kappa shape index (κ1) is 18.3. The fourth-order valence-corrected chi connectivity index (χ4v) is 4.23. The molecule has 0 radical (unpaired) electrons. The van der Waals surface area contributed by atoms with Gasteiger partial charge in [-0.1, -0.05) is 17.7 Å². The molecule has 3 aromatic rings. The normalized spacial score (nSPS) is 17.4. The molecule has 4 rings (SSSR count). The molecule has 0 aliphatic carbocycles. The summed E-state index contributed by atoms with van der Waals surface area (Å²) >= 11 is 7.82. The van der Waals surface area contributed by atoms with Crippen molar-refractivity contribution < 1.29 is 0 Å². The Morgan fingerprint density at radius 2 is 2.19 bits per heavy atom. The Morgan fingerprint density at radius 3 is 2.96 bits per heavy atom. The number of pyridine rings is 1. The van der Waals surface area contributed by atoms with Crippen LogP contribution in [-0.2, 0) is 6.54 Å². The van der Waals surface area contributed by atoms with Crippen molar-refractivity contribution in [2.45, 2.75) is 32.7 Å². The number of hydrogen-bond acceptors (Lipinski definition) is 7. The summed E-state index contributed by atoms with van der Waals surface area (Å²) in [6.45, 7) is 6.77. The molecule has 1 saturated heterocycles. The number of likely N-dealkylation sites (tertiary alicyclic amines) is 1. The van der Waals surface area contributed by atoms with E-state index in [1.807, 2.05) is 32.2 Å². The molecule has 0 aromatic carbocycles. The minimum Gasteiger partial charge on any atom is -0.316 e. The molecule has 27 heavy (non-hydrogen) atoms. The minimum absolute atomic E-state index is 0.390. The molecule has 140 valence electrons. The van der Waals surface area contributed by atoms with Gasteiger partial charge in [-0.25, -0.2) is 19.9 Å². The maximum Gasteiger partial charge on any atom is 0.188 e. The molecule has 1 aliphatic rings. The summed E-state index contributed by atoms with van der Waals surface area (Å²) in [7, 11) is 0. The lowest BCUT2D eigenvalue weighted by molar-refractivity contribution is 0.326. The molecule has 1 N–H and O–H groups in total. The van der Waals surface area contributed by atoms with Gasteiger partial charge in [0.05, 0.1) is 5.69 Å². The molecule has 1 unspecified atom stereocenters. The van der Waals surface area contributed by atoms with Gasteiger partial charge in [-0.2, -0.15) is 0 Å². The summed E-state index contributed by atoms with van der Waals surface area (Å²) in [6.07, 6.45) is 4.66. The van der Waals surface area contributed by atoms with Crippen LogP contribution in [0, 0.1) is 13.8 Å². The number of halogens is 1. The quantitative estimate of drug-likeness (QED) is 0.643. The molecule has 4 heterocycles. The van der Waals surface area contributed by atoms with Crippen LogP contribution in [0.5, 0.6) is 0 Å². The highest BCUT2D eigenvalue weighted by Gasteiger charge is 2.26. The Kier molecular flexibility index (Phi) is 5.33. The maximum absolute atomic E-state index is 6.20. The SMILES string of the molecule is Cc1nc(Nc2ncc(C)s2)cc(C2CCN(Cc3cccnc3Cl)C2)n1. The van der Waals surface area contributed by atoms with Gasteiger partial charge >= 0.3 is 0 Å². The van der Waals surface area contributed by atoms with Gasteiger partial charge in [0.1, 0.15) is 16.8 Å². The fourth-order valence-electron chi connectivity index (χ4n) is 3.38. The summed E-state index contributed by atoms with van der Waals surface area (Å²) in [5.41, 5.74) is 2.15. The van der Waals surface area contributed by atoms with Crippen LogP contribution in [-0.4, -0.2) is 37.9 Å². The van der Waals surface area contributed by atoms with Gasteiger partial charge in [0, 0.05) is 47.9 Å². The van der Waals surface area contributed by atoms with Crippen LogP contribution < -0.4 is 5.32 Å². The Morgan fingerprint density at radius 1 is 1.30 bits per heavy atom. The van der Waals surface area contributed by atoms with Crippen LogP contribution in [0.15, 0.2) is 30.6 Å². The second-order valence-corrected chi connectivity index (χ2v) is 8.39. The molecule has 0 saturated carbocycles. The van der Waals surface area contributed by atoms with Crippen molar-refractivity contribution in [3.8, 4) is 0 Å². The average molecular weight is 401 g/mol. The molecule has 3 aromatic heterocycles. The van der Waals surface area contributed by atoms with Crippen molar-refractivity contribution in [3.63, 3.8) is 0 Å². The van der Waals surface area contributed by atoms with Crippen molar-refractivity contribution in [1.82, 2.24) is 24.8 Å². The third kappa shape index (κ3) is 4.43. The predicted octanol–water partition coefficient (Wildman–Crippen LogP) is 4.33. The first-order valence-corrected chi connectivity index (χ1v) is 10.1. The van der Waals surface area contributed by atoms with Gasteiger partial charge in [-0.3, -0.25) is 4.90 Å². The predicted molar refractivity (Wildman–Crippen MR) is 109 cm³/mol. The zero-order valence-electron chi connectivity index (χ0n) is 15.3. The number of hydrogen-bond donors (Lipinski definition) is 1. The van der Waals surface area contributed by atoms with Gasteiger partial charge in [-0.05, 0) is 32.9 Å². The van der Waals surface area contributed by atoms with Crippen LogP contribution >= 0.6 is 22.9 Å². The molecule has 0 bridgehead atoms. The van der Waals surface area contributed by atoms with Crippen molar-refractivity contribution in [3.05, 3.63) is 57.7 Å². The van der Waals surface area contributed by atoms with Crippen LogP contribution in [0.3, 0.4) is 0 Å². The maximum atomic E-state index is 6.20. The molecular weight excluding hydrogens is 380 g/mol. The first-order chi connectivity index (χ1) is 13.1. The molecule has 0 spiro atoms. The standard InChI is InChI=1S/C19H21ClN6S/c1-12-9-22-19(27-12)25-17-8-16(23-13(2)24-17)14-5-7-26(10-14)11-15-4-3-6-21-18(15)20/h3-4,6,8-9,14H,5,7,10-11H2,1-2H3,(H,22,23,24,25). The lowest BCUT2D eigenvalue weighted by atomic mass is 10.0. The highest BCUT2D eigenvalue weighted by molar-refractivity contribution is 7.15. The topological polar surface area (TPSA) is 66.8 Å². The van der Waals surface area contributed by atoms with Crippen LogP contribution in [0.2, 0.25) is 5.15 Å². The van der Waals surface area contributed by atoms with E-state index in [1.165, 1.54) is 4.88 Å². The molecule has 1 fully saturated rings. The van der Waals surface area contributed by atoms with Crippen molar-refractivity contribution in [1.29, 1.82) is 0 Å². The monoisotopic (exact) mass is 400 g/mol. The highest BCUT2D eigenvalue weighted by atomic mass is 35.5. The Labute approximate surface area is 167 Å². The van der Waals surface area contributed by atoms with Gasteiger partial charge in [-0.15, -0.1) is 11.3 Å². The number of thiazole rings is 1. The number of anilines is 2. The number of nitrogens with one attached hydrogen (secondary N) is 1. The lowest BCUT2D eigenvalue weighted by Gasteiger charge is -2.17. The lowest BCUT2D eigenvalue weighted by Crippen LogP contribution is -2.20. The second kappa shape index (κ2) is 7.88. The Balaban J connectivity index is 1.46. The Bertz CT molecular complexity index is 943. The summed E-state index contributed by atoms with van der Waals surface area (Å²) in [5, 5.41) is 4.75. The van der Waals surface area contributed by atoms with E-state index in [0.29, 0.717) is 11.1 Å². The third-order valence-electron chi connectivity index (χ3n) is 4.63. The van der Waals surface area contributed by atoms with Crippen molar-refractivity contribution in [2.75, 3.05) is 18.4 Å². The summed E-state index contributed by atoms with van der Waals surface area (Å²) in [4.78, 5) is 21.3. The molecule has 6 nitrogen and oxygen atoms in total. The van der Waals surface area contributed by atoms with Crippen molar-refractivity contribution >= 4 is 33.9 Å². The second-order valence-electron chi connectivity index (χ2n) is 6.80. The van der Waals surface area contributed by atoms with Gasteiger partial charge in [0.15, 0.2) is 5.13 Å². The fraction of sp³-hybridized carbons (Fsp3) is 0.368. The van der Waals surface area contributed by atoms with Crippen molar-refractivity contribution in [2.24, 2.45) is 0 Å². The zero-order chi connectivity index (χ0) is 18.8. The summed E-state index contributed by atoms with van der Waals surface area (Å²) in [6, 6.07) is 6.02. The first-order valence-electron chi connectivity index (χ1n) is 8.93. The number of aromatic nitrogens is 4. The summed E-state index contributed by atoms with van der Waals surface area (Å²) < 4.78 is 0. The molecule has 0 amide bonds. The van der Waals surface area contributed by atoms with Gasteiger partial charge in [0.25, 0.3) is 0 Å². The van der Waals surface area contributed by atoms with E-state index < -0.39 is 0 Å². The molecule has 1 atom stereocenters. The third-order valence-corrected chi connectivity index (χ3v) is 5.80. The van der Waals surface area contributed by atoms with E-state index in [1.54, 1.807) is 17.5 Å². The van der Waals surface area contributed by atoms with Crippen LogP contribution in [0.1, 0.15) is 34.3 Å². The molecule has 8 heteroatoms. The highest BCUT2D eigenvalue weighted by Crippen LogP contribution is 2.30.